The molecule has 19 heavy (non-hydrogen) atoms. The number of hydrogen-bond acceptors (Lipinski definition) is 3. The van der Waals surface area contributed by atoms with E-state index in [1.165, 1.54) is 16.8 Å². The molecule has 0 spiro atoms. The molecule has 0 saturated carbocycles. The lowest BCUT2D eigenvalue weighted by atomic mass is 10.1. The summed E-state index contributed by atoms with van der Waals surface area (Å²) < 4.78 is 0. The molecule has 0 radical (unpaired) electrons. The van der Waals surface area contributed by atoms with Crippen molar-refractivity contribution in [2.45, 2.75) is 26.8 Å². The van der Waals surface area contributed by atoms with E-state index in [9.17, 15) is 4.79 Å². The third-order valence-electron chi connectivity index (χ3n) is 3.90. The molecule has 1 aliphatic heterocycles. The fraction of sp³-hybridized carbons (Fsp3) is 0.533. The van der Waals surface area contributed by atoms with Gasteiger partial charge in [0, 0.05) is 31.9 Å². The topological polar surface area (TPSA) is 49.6 Å². The van der Waals surface area contributed by atoms with Crippen LogP contribution in [0.2, 0.25) is 0 Å². The predicted molar refractivity (Wildman–Crippen MR) is 78.4 cm³/mol. The van der Waals surface area contributed by atoms with Crippen LogP contribution < -0.4 is 10.6 Å². The van der Waals surface area contributed by atoms with Gasteiger partial charge in [0.05, 0.1) is 6.04 Å². The molecule has 0 aromatic heterocycles. The molecule has 2 N–H and O–H groups in total. The van der Waals surface area contributed by atoms with Gasteiger partial charge in [-0.25, -0.2) is 0 Å². The van der Waals surface area contributed by atoms with E-state index >= 15 is 0 Å². The van der Waals surface area contributed by atoms with Gasteiger partial charge in [-0.1, -0.05) is 12.1 Å². The second kappa shape index (κ2) is 5.61. The third kappa shape index (κ3) is 2.89. The highest BCUT2D eigenvalue weighted by Gasteiger charge is 2.23. The number of amides is 1. The lowest BCUT2D eigenvalue weighted by molar-refractivity contribution is -0.132. The SMILES string of the molecule is Cc1cccc(N2CCN(C(=O)C(C)N)CC2)c1C. The van der Waals surface area contributed by atoms with Crippen LogP contribution >= 0.6 is 0 Å². The van der Waals surface area contributed by atoms with E-state index in [0.29, 0.717) is 0 Å². The molecule has 1 aromatic rings. The van der Waals surface area contributed by atoms with Crippen LogP contribution in [0.5, 0.6) is 0 Å². The van der Waals surface area contributed by atoms with Crippen LogP contribution in [0, 0.1) is 13.8 Å². The first-order valence-corrected chi connectivity index (χ1v) is 6.86. The van der Waals surface area contributed by atoms with Gasteiger partial charge in [-0.15, -0.1) is 0 Å². The van der Waals surface area contributed by atoms with Crippen molar-refractivity contribution in [2.24, 2.45) is 5.73 Å². The lowest BCUT2D eigenvalue weighted by Crippen LogP contribution is -2.52. The summed E-state index contributed by atoms with van der Waals surface area (Å²) in [5.41, 5.74) is 9.58. The van der Waals surface area contributed by atoms with E-state index in [2.05, 4.69) is 36.9 Å². The highest BCUT2D eigenvalue weighted by molar-refractivity contribution is 5.81. The van der Waals surface area contributed by atoms with Crippen molar-refractivity contribution in [3.8, 4) is 0 Å². The van der Waals surface area contributed by atoms with Gasteiger partial charge in [0.1, 0.15) is 0 Å². The van der Waals surface area contributed by atoms with Crippen molar-refractivity contribution in [1.82, 2.24) is 4.90 Å². The van der Waals surface area contributed by atoms with Gasteiger partial charge in [-0.3, -0.25) is 4.79 Å². The molecule has 2 rings (SSSR count). The highest BCUT2D eigenvalue weighted by atomic mass is 16.2. The predicted octanol–water partition coefficient (Wildman–Crippen LogP) is 1.30. The van der Waals surface area contributed by atoms with E-state index in [-0.39, 0.29) is 5.91 Å². The Morgan fingerprint density at radius 1 is 1.21 bits per heavy atom. The zero-order valence-electron chi connectivity index (χ0n) is 12.0. The molecule has 1 aliphatic rings. The van der Waals surface area contributed by atoms with Crippen molar-refractivity contribution in [3.05, 3.63) is 29.3 Å². The van der Waals surface area contributed by atoms with Gasteiger partial charge in [0.25, 0.3) is 0 Å². The Morgan fingerprint density at radius 3 is 2.42 bits per heavy atom. The molecule has 1 atom stereocenters. The monoisotopic (exact) mass is 261 g/mol. The van der Waals surface area contributed by atoms with Crippen LogP contribution in [0.3, 0.4) is 0 Å². The number of rotatable bonds is 2. The molecular formula is C15H23N3O. The Morgan fingerprint density at radius 2 is 1.84 bits per heavy atom. The third-order valence-corrected chi connectivity index (χ3v) is 3.90. The lowest BCUT2D eigenvalue weighted by Gasteiger charge is -2.37. The molecule has 104 valence electrons. The summed E-state index contributed by atoms with van der Waals surface area (Å²) in [6.45, 7) is 9.31. The van der Waals surface area contributed by atoms with Crippen molar-refractivity contribution >= 4 is 11.6 Å². The van der Waals surface area contributed by atoms with Gasteiger partial charge in [-0.05, 0) is 38.0 Å². The second-order valence-corrected chi connectivity index (χ2v) is 5.32. The molecule has 0 bridgehead atoms. The number of carbonyl (C=O) groups excluding carboxylic acids is 1. The number of nitrogens with zero attached hydrogens (tertiary/aromatic N) is 2. The number of aryl methyl sites for hydroxylation is 1. The minimum absolute atomic E-state index is 0.0561. The standard InChI is InChI=1S/C15H23N3O/c1-11-5-4-6-14(12(11)2)17-7-9-18(10-8-17)15(19)13(3)16/h4-6,13H,7-10,16H2,1-3H3. The van der Waals surface area contributed by atoms with E-state index in [4.69, 9.17) is 5.73 Å². The molecule has 1 amide bonds. The van der Waals surface area contributed by atoms with Crippen LogP contribution in [-0.2, 0) is 4.79 Å². The van der Waals surface area contributed by atoms with E-state index in [1.807, 2.05) is 4.90 Å². The molecule has 1 aromatic carbocycles. The zero-order valence-corrected chi connectivity index (χ0v) is 12.0. The van der Waals surface area contributed by atoms with Crippen molar-refractivity contribution in [1.29, 1.82) is 0 Å². The molecule has 1 unspecified atom stereocenters. The highest BCUT2D eigenvalue weighted by Crippen LogP contribution is 2.23. The smallest absolute Gasteiger partial charge is 0.239 e. The molecule has 0 aliphatic carbocycles. The first-order chi connectivity index (χ1) is 9.00. The minimum atomic E-state index is -0.396. The summed E-state index contributed by atoms with van der Waals surface area (Å²) in [4.78, 5) is 16.1. The summed E-state index contributed by atoms with van der Waals surface area (Å²) in [7, 11) is 0. The maximum atomic E-state index is 11.8. The average molecular weight is 261 g/mol. The number of piperazine rings is 1. The molecule has 1 saturated heterocycles. The zero-order chi connectivity index (χ0) is 14.0. The first kappa shape index (κ1) is 13.9. The van der Waals surface area contributed by atoms with Gasteiger partial charge in [0.2, 0.25) is 5.91 Å². The van der Waals surface area contributed by atoms with Crippen LogP contribution in [-0.4, -0.2) is 43.0 Å². The van der Waals surface area contributed by atoms with Crippen LogP contribution in [0.1, 0.15) is 18.1 Å². The van der Waals surface area contributed by atoms with E-state index in [1.54, 1.807) is 6.92 Å². The molecule has 4 nitrogen and oxygen atoms in total. The summed E-state index contributed by atoms with van der Waals surface area (Å²) in [6.07, 6.45) is 0. The summed E-state index contributed by atoms with van der Waals surface area (Å²) in [5.74, 6) is 0.0561. The van der Waals surface area contributed by atoms with Crippen molar-refractivity contribution in [2.75, 3.05) is 31.1 Å². The Balaban J connectivity index is 2.04. The fourth-order valence-electron chi connectivity index (χ4n) is 2.53. The van der Waals surface area contributed by atoms with Crippen molar-refractivity contribution < 1.29 is 4.79 Å². The molecule has 1 heterocycles. The molecular weight excluding hydrogens is 238 g/mol. The Bertz CT molecular complexity index is 462. The van der Waals surface area contributed by atoms with Gasteiger partial charge >= 0.3 is 0 Å². The van der Waals surface area contributed by atoms with E-state index in [0.717, 1.165) is 26.2 Å². The number of carbonyl (C=O) groups is 1. The Kier molecular flexibility index (Phi) is 4.10. The average Bonchev–Trinajstić information content (AvgIpc) is 2.41. The van der Waals surface area contributed by atoms with Gasteiger partial charge in [0.15, 0.2) is 0 Å². The van der Waals surface area contributed by atoms with Crippen LogP contribution in [0.15, 0.2) is 18.2 Å². The molecule has 1 fully saturated rings. The Hall–Kier alpha value is -1.55. The minimum Gasteiger partial charge on any atom is -0.368 e. The van der Waals surface area contributed by atoms with Gasteiger partial charge < -0.3 is 15.5 Å². The molecule has 4 heteroatoms. The van der Waals surface area contributed by atoms with Crippen molar-refractivity contribution in [3.63, 3.8) is 0 Å². The summed E-state index contributed by atoms with van der Waals surface area (Å²) in [5, 5.41) is 0. The number of nitrogens with two attached hydrogens (primary N) is 1. The van der Waals surface area contributed by atoms with Crippen LogP contribution in [0.25, 0.3) is 0 Å². The summed E-state index contributed by atoms with van der Waals surface area (Å²) >= 11 is 0. The fourth-order valence-corrected chi connectivity index (χ4v) is 2.53. The largest absolute Gasteiger partial charge is 0.368 e. The number of benzene rings is 1. The van der Waals surface area contributed by atoms with Gasteiger partial charge in [-0.2, -0.15) is 0 Å². The second-order valence-electron chi connectivity index (χ2n) is 5.32. The quantitative estimate of drug-likeness (QED) is 0.873. The maximum Gasteiger partial charge on any atom is 0.239 e. The summed E-state index contributed by atoms with van der Waals surface area (Å²) in [6, 6.07) is 5.99. The van der Waals surface area contributed by atoms with E-state index < -0.39 is 6.04 Å². The first-order valence-electron chi connectivity index (χ1n) is 6.86. The maximum absolute atomic E-state index is 11.8. The number of hydrogen-bond donors (Lipinski definition) is 1. The van der Waals surface area contributed by atoms with Crippen LogP contribution in [0.4, 0.5) is 5.69 Å². The normalized spacial score (nSPS) is 17.5. The Labute approximate surface area is 115 Å². The number of anilines is 1.